The van der Waals surface area contributed by atoms with Crippen LogP contribution >= 0.6 is 0 Å². The average molecular weight is 277 g/mol. The highest BCUT2D eigenvalue weighted by Crippen LogP contribution is 2.17. The molecule has 0 radical (unpaired) electrons. The number of hydrogen-bond donors (Lipinski definition) is 2. The van der Waals surface area contributed by atoms with E-state index in [1.165, 1.54) is 0 Å². The Balaban J connectivity index is 2.34. The Morgan fingerprint density at radius 1 is 1.15 bits per heavy atom. The van der Waals surface area contributed by atoms with E-state index in [9.17, 15) is 9.59 Å². The zero-order chi connectivity index (χ0) is 15.0. The molecule has 0 aliphatic rings. The number of hydrogen-bond acceptors (Lipinski definition) is 3. The molecule has 0 atom stereocenters. The van der Waals surface area contributed by atoms with Gasteiger partial charge in [0, 0.05) is 25.9 Å². The second-order valence-electron chi connectivity index (χ2n) is 4.56. The van der Waals surface area contributed by atoms with Crippen molar-refractivity contribution in [1.29, 1.82) is 0 Å². The van der Waals surface area contributed by atoms with Gasteiger partial charge in [-0.1, -0.05) is 12.1 Å². The number of rotatable bonds is 7. The molecule has 0 aliphatic heterocycles. The van der Waals surface area contributed by atoms with Gasteiger partial charge >= 0.3 is 0 Å². The fourth-order valence-electron chi connectivity index (χ4n) is 1.96. The second-order valence-corrected chi connectivity index (χ2v) is 4.56. The van der Waals surface area contributed by atoms with Crippen LogP contribution in [0.5, 0.6) is 0 Å². The Bertz CT molecular complexity index is 456. The summed E-state index contributed by atoms with van der Waals surface area (Å²) >= 11 is 0. The quantitative estimate of drug-likeness (QED) is 0.750. The Morgan fingerprint density at radius 3 is 2.40 bits per heavy atom. The number of carbonyl (C=O) groups excluding carboxylic acids is 2. The van der Waals surface area contributed by atoms with E-state index in [4.69, 9.17) is 5.73 Å². The van der Waals surface area contributed by atoms with Gasteiger partial charge in [-0.25, -0.2) is 0 Å². The predicted molar refractivity (Wildman–Crippen MR) is 81.3 cm³/mol. The van der Waals surface area contributed by atoms with Crippen LogP contribution in [-0.2, 0) is 9.59 Å². The molecule has 0 saturated carbocycles. The first-order valence-electron chi connectivity index (χ1n) is 7.00. The number of amides is 2. The molecule has 5 nitrogen and oxygen atoms in total. The number of anilines is 2. The zero-order valence-corrected chi connectivity index (χ0v) is 12.2. The number of nitrogen functional groups attached to an aromatic ring is 1. The van der Waals surface area contributed by atoms with E-state index in [1.807, 2.05) is 26.0 Å². The van der Waals surface area contributed by atoms with Crippen LogP contribution in [0.3, 0.4) is 0 Å². The summed E-state index contributed by atoms with van der Waals surface area (Å²) in [6, 6.07) is 7.12. The topological polar surface area (TPSA) is 75.4 Å². The van der Waals surface area contributed by atoms with Crippen molar-refractivity contribution in [2.75, 3.05) is 24.1 Å². The summed E-state index contributed by atoms with van der Waals surface area (Å²) in [6.45, 7) is 5.32. The lowest BCUT2D eigenvalue weighted by molar-refractivity contribution is -0.130. The van der Waals surface area contributed by atoms with Crippen molar-refractivity contribution >= 4 is 23.2 Å². The molecule has 1 aromatic rings. The van der Waals surface area contributed by atoms with Gasteiger partial charge in [-0.3, -0.25) is 9.59 Å². The standard InChI is InChI=1S/C15H23N3O2/c1-3-18(4-2)15(20)11-7-10-14(19)17-13-9-6-5-8-12(13)16/h5-6,8-9H,3-4,7,10-11,16H2,1-2H3,(H,17,19). The van der Waals surface area contributed by atoms with E-state index < -0.39 is 0 Å². The number of benzene rings is 1. The van der Waals surface area contributed by atoms with E-state index in [1.54, 1.807) is 17.0 Å². The molecule has 1 rings (SSSR count). The number of nitrogens with one attached hydrogen (secondary N) is 1. The van der Waals surface area contributed by atoms with Crippen LogP contribution in [0.25, 0.3) is 0 Å². The number of para-hydroxylation sites is 2. The number of nitrogens with zero attached hydrogens (tertiary/aromatic N) is 1. The molecule has 0 fully saturated rings. The molecule has 0 unspecified atom stereocenters. The molecule has 0 aliphatic carbocycles. The van der Waals surface area contributed by atoms with Crippen molar-refractivity contribution in [2.45, 2.75) is 33.1 Å². The van der Waals surface area contributed by atoms with E-state index in [0.717, 1.165) is 0 Å². The maximum absolute atomic E-state index is 11.8. The molecule has 3 N–H and O–H groups in total. The highest BCUT2D eigenvalue weighted by molar-refractivity contribution is 5.93. The van der Waals surface area contributed by atoms with Crippen LogP contribution in [0.1, 0.15) is 33.1 Å². The first kappa shape index (κ1) is 16.0. The van der Waals surface area contributed by atoms with Crippen LogP contribution in [0.4, 0.5) is 11.4 Å². The minimum Gasteiger partial charge on any atom is -0.397 e. The number of carbonyl (C=O) groups is 2. The van der Waals surface area contributed by atoms with Crippen LogP contribution in [-0.4, -0.2) is 29.8 Å². The molecule has 110 valence electrons. The van der Waals surface area contributed by atoms with Gasteiger partial charge in [0.2, 0.25) is 11.8 Å². The Hall–Kier alpha value is -2.04. The predicted octanol–water partition coefficient (Wildman–Crippen LogP) is 2.25. The summed E-state index contributed by atoms with van der Waals surface area (Å²) in [5.74, 6) is -0.0164. The lowest BCUT2D eigenvalue weighted by Crippen LogP contribution is -2.30. The van der Waals surface area contributed by atoms with Gasteiger partial charge < -0.3 is 16.0 Å². The molecule has 0 aromatic heterocycles. The summed E-state index contributed by atoms with van der Waals surface area (Å²) in [4.78, 5) is 25.3. The van der Waals surface area contributed by atoms with Crippen LogP contribution in [0, 0.1) is 0 Å². The third-order valence-electron chi connectivity index (χ3n) is 3.15. The smallest absolute Gasteiger partial charge is 0.224 e. The Labute approximate surface area is 120 Å². The largest absolute Gasteiger partial charge is 0.397 e. The van der Waals surface area contributed by atoms with Gasteiger partial charge in [0.1, 0.15) is 0 Å². The van der Waals surface area contributed by atoms with E-state index in [2.05, 4.69) is 5.32 Å². The Morgan fingerprint density at radius 2 is 1.80 bits per heavy atom. The van der Waals surface area contributed by atoms with E-state index >= 15 is 0 Å². The van der Waals surface area contributed by atoms with Gasteiger partial charge in [-0.05, 0) is 32.4 Å². The third kappa shape index (κ3) is 4.91. The highest BCUT2D eigenvalue weighted by atomic mass is 16.2. The van der Waals surface area contributed by atoms with Crippen LogP contribution in [0.15, 0.2) is 24.3 Å². The molecule has 0 spiro atoms. The minimum atomic E-state index is -0.116. The van der Waals surface area contributed by atoms with Gasteiger partial charge in [0.15, 0.2) is 0 Å². The number of nitrogens with two attached hydrogens (primary N) is 1. The van der Waals surface area contributed by atoms with Gasteiger partial charge in [0.25, 0.3) is 0 Å². The minimum absolute atomic E-state index is 0.0991. The normalized spacial score (nSPS) is 10.1. The van der Waals surface area contributed by atoms with Gasteiger partial charge in [-0.2, -0.15) is 0 Å². The lowest BCUT2D eigenvalue weighted by Gasteiger charge is -2.18. The lowest BCUT2D eigenvalue weighted by atomic mass is 10.2. The molecule has 0 heterocycles. The van der Waals surface area contributed by atoms with Crippen LogP contribution in [0.2, 0.25) is 0 Å². The monoisotopic (exact) mass is 277 g/mol. The van der Waals surface area contributed by atoms with Crippen molar-refractivity contribution in [3.05, 3.63) is 24.3 Å². The van der Waals surface area contributed by atoms with Crippen molar-refractivity contribution in [3.63, 3.8) is 0 Å². The fourth-order valence-corrected chi connectivity index (χ4v) is 1.96. The van der Waals surface area contributed by atoms with Crippen molar-refractivity contribution in [3.8, 4) is 0 Å². The van der Waals surface area contributed by atoms with Crippen molar-refractivity contribution in [1.82, 2.24) is 4.90 Å². The maximum atomic E-state index is 11.8. The SMILES string of the molecule is CCN(CC)C(=O)CCCC(=O)Nc1ccccc1N. The van der Waals surface area contributed by atoms with Crippen LogP contribution < -0.4 is 11.1 Å². The summed E-state index contributed by atoms with van der Waals surface area (Å²) in [7, 11) is 0. The van der Waals surface area contributed by atoms with Gasteiger partial charge in [-0.15, -0.1) is 0 Å². The molecule has 20 heavy (non-hydrogen) atoms. The zero-order valence-electron chi connectivity index (χ0n) is 12.2. The highest BCUT2D eigenvalue weighted by Gasteiger charge is 2.10. The molecule has 5 heteroatoms. The van der Waals surface area contributed by atoms with E-state index in [-0.39, 0.29) is 11.8 Å². The molecular weight excluding hydrogens is 254 g/mol. The van der Waals surface area contributed by atoms with Gasteiger partial charge in [0.05, 0.1) is 11.4 Å². The average Bonchev–Trinajstić information content (AvgIpc) is 2.43. The molecule has 1 aromatic carbocycles. The third-order valence-corrected chi connectivity index (χ3v) is 3.15. The maximum Gasteiger partial charge on any atom is 0.224 e. The van der Waals surface area contributed by atoms with Crippen molar-refractivity contribution < 1.29 is 9.59 Å². The fraction of sp³-hybridized carbons (Fsp3) is 0.467. The van der Waals surface area contributed by atoms with Crippen molar-refractivity contribution in [2.24, 2.45) is 0 Å². The molecule has 2 amide bonds. The molecule has 0 saturated heterocycles. The first-order valence-corrected chi connectivity index (χ1v) is 7.00. The first-order chi connectivity index (χ1) is 9.58. The molecular formula is C15H23N3O2. The summed E-state index contributed by atoms with van der Waals surface area (Å²) in [5.41, 5.74) is 6.91. The molecule has 0 bridgehead atoms. The second kappa shape index (κ2) is 8.19. The summed E-state index contributed by atoms with van der Waals surface area (Å²) < 4.78 is 0. The Kier molecular flexibility index (Phi) is 6.56. The summed E-state index contributed by atoms with van der Waals surface area (Å²) in [6.07, 6.45) is 1.27. The van der Waals surface area contributed by atoms with E-state index in [0.29, 0.717) is 43.7 Å². The summed E-state index contributed by atoms with van der Waals surface area (Å²) in [5, 5.41) is 2.75.